The first kappa shape index (κ1) is 89.5. The minimum Gasteiger partial charge on any atom is -0.508 e. The van der Waals surface area contributed by atoms with Gasteiger partial charge in [0.1, 0.15) is 59.8 Å². The van der Waals surface area contributed by atoms with Gasteiger partial charge in [0.05, 0.1) is 25.4 Å². The Labute approximate surface area is 666 Å². The normalized spacial score (nSPS) is 21.5. The monoisotopic (exact) mass is 1600 g/mol. The van der Waals surface area contributed by atoms with Crippen molar-refractivity contribution in [2.24, 2.45) is 22.2 Å². The molecule has 0 unspecified atom stereocenters. The fraction of sp³-hybridized carbons (Fsp3) is 0.438. The molecule has 0 saturated carbocycles. The lowest BCUT2D eigenvalue weighted by Gasteiger charge is -2.47. The number of piperazine rings is 1. The van der Waals surface area contributed by atoms with Crippen molar-refractivity contribution in [3.8, 4) is 11.5 Å². The Balaban J connectivity index is 0.000000444. The Morgan fingerprint density at radius 2 is 1.38 bits per heavy atom. The van der Waals surface area contributed by atoms with Gasteiger partial charge in [-0.15, -0.1) is 6.58 Å². The van der Waals surface area contributed by atoms with Crippen molar-refractivity contribution in [1.82, 2.24) is 62.2 Å². The van der Waals surface area contributed by atoms with Crippen LogP contribution in [0.15, 0.2) is 151 Å². The highest BCUT2D eigenvalue weighted by Gasteiger charge is 2.44. The van der Waals surface area contributed by atoms with Crippen LogP contribution in [0.1, 0.15) is 112 Å². The van der Waals surface area contributed by atoms with E-state index >= 15 is 0 Å². The zero-order chi connectivity index (χ0) is 82.8. The molecule has 31 nitrogen and oxygen atoms in total. The minimum atomic E-state index is -1.84. The summed E-state index contributed by atoms with van der Waals surface area (Å²) in [5, 5.41) is 62.4. The molecule has 2 saturated heterocycles. The van der Waals surface area contributed by atoms with Crippen molar-refractivity contribution in [2.45, 2.75) is 171 Å². The fourth-order valence-electron chi connectivity index (χ4n) is 13.4. The molecule has 0 spiro atoms. The average Bonchev–Trinajstić information content (AvgIpc) is 1.35. The number of aromatic nitrogens is 1. The van der Waals surface area contributed by atoms with E-state index in [1.165, 1.54) is 63.1 Å². The molecule has 2 fully saturated rings. The SMILES string of the molecule is C=CCN1C[C@H](C)N([C@@H](c2ccc(C(=O)N(CC)CC)cc2)c2cccc(OC)c2)C[C@H]1C.C[C@@H](O)[C@H](NC(=O)[C@@H]1NC(=O)[C@@H]([C@@H](C)O)NC(=O)[C@H](CCCN=C(N)N)NC(=O)[C@@H](Cc2c[nH]c3ccccc23)NC(=O)[C@H](Cc2ccc(O)cc2)NC(=O)[C@@H](NC(=O)[C@H](Cc2ccccc2)NC(=O)O)CSSC1(C)C)C(N)=O. The van der Waals surface area contributed by atoms with E-state index in [0.717, 1.165) is 52.5 Å². The summed E-state index contributed by atoms with van der Waals surface area (Å²) < 4.78 is 4.02. The summed E-state index contributed by atoms with van der Waals surface area (Å²) in [7, 11) is 3.48. The lowest BCUT2D eigenvalue weighted by Crippen LogP contribution is -2.65. The number of fused-ring (bicyclic) bond motifs is 1. The van der Waals surface area contributed by atoms with Crippen LogP contribution in [0.4, 0.5) is 4.79 Å². The maximum absolute atomic E-state index is 14.9. The molecular weight excluding hydrogens is 1490 g/mol. The fourth-order valence-corrected chi connectivity index (χ4v) is 16.2. The Kier molecular flexibility index (Phi) is 33.9. The molecule has 0 radical (unpaired) electrons. The van der Waals surface area contributed by atoms with E-state index in [9.17, 15) is 68.4 Å². The Morgan fingerprint density at radius 3 is 2.00 bits per heavy atom. The number of para-hydroxylation sites is 1. The van der Waals surface area contributed by atoms with Gasteiger partial charge in [-0.2, -0.15) is 0 Å². The molecule has 1 aromatic heterocycles. The van der Waals surface area contributed by atoms with Crippen molar-refractivity contribution in [3.63, 3.8) is 0 Å². The number of nitrogens with one attached hydrogen (secondary N) is 9. The van der Waals surface area contributed by atoms with Crippen LogP contribution in [-0.4, -0.2) is 235 Å². The standard InChI is InChI=1S/C52H69N13O13S2.C28H39N3O2/c1-26(66)39(42(53)69)63-49(76)41-52(3,4)80-79-25-38(61-45(72)36(62-51(77)78)21-28-11-6-5-7-12-28)47(74)59-35(22-29-16-18-31(68)19-17-29)44(71)60-37(23-30-24-57-33-14-9-8-13-32(30)33)46(73)58-34(15-10-20-56-50(54)55)43(70)64-40(27(2)67)48(75)65-41;1-7-17-30-19-22(5)31(20-21(30)4)27(25-11-10-12-26(18-25)33-6)23-13-15-24(16-14-23)28(32)29(8-2)9-3/h5-9,11-14,16-19,24,26-27,34-41,57,62,66-68H,10,15,20-23,25H2,1-4H3,(H2,53,69)(H,58,73)(H,59,74)(H,60,71)(H,61,72)(H,63,76)(H,64,70)(H,65,75)(H,77,78)(H4,54,55,56);7,10-16,18,21-22,27H,1,8-9,17,19-20H2,2-6H3/t26-,27-,34+,35+,36+,37-,38+,39+,40-,41+;21-,22+,27+/m11/s1. The van der Waals surface area contributed by atoms with Gasteiger partial charge < -0.3 is 94.8 Å². The van der Waals surface area contributed by atoms with Gasteiger partial charge in [0.2, 0.25) is 47.3 Å². The number of carbonyl (C=O) groups excluding carboxylic acids is 9. The number of nitrogens with zero attached hydrogens (tertiary/aromatic N) is 4. The van der Waals surface area contributed by atoms with E-state index in [4.69, 9.17) is 21.9 Å². The molecule has 6 aromatic rings. The largest absolute Gasteiger partial charge is 0.508 e. The zero-order valence-electron chi connectivity index (χ0n) is 65.1. The van der Waals surface area contributed by atoms with Gasteiger partial charge >= 0.3 is 6.09 Å². The molecule has 0 bridgehead atoms. The number of phenols is 1. The summed E-state index contributed by atoms with van der Waals surface area (Å²) in [6, 6.07) is 25.7. The van der Waals surface area contributed by atoms with E-state index in [1.807, 2.05) is 43.0 Å². The van der Waals surface area contributed by atoms with E-state index in [-0.39, 0.29) is 68.1 Å². The van der Waals surface area contributed by atoms with Crippen molar-refractivity contribution >= 4 is 97.7 Å². The maximum Gasteiger partial charge on any atom is 0.405 e. The Bertz CT molecular complexity index is 4260. The third-order valence-corrected chi connectivity index (χ3v) is 22.8. The molecule has 3 heterocycles. The number of carboxylic acid groups (broad SMARTS) is 1. The topological polar surface area (TPSA) is 473 Å². The summed E-state index contributed by atoms with van der Waals surface area (Å²) in [6.07, 6.45) is -1.90. The highest BCUT2D eigenvalue weighted by molar-refractivity contribution is 8.77. The lowest BCUT2D eigenvalue weighted by molar-refractivity contribution is -0.137. The van der Waals surface area contributed by atoms with Crippen LogP contribution < -0.4 is 64.5 Å². The highest BCUT2D eigenvalue weighted by atomic mass is 33.1. The number of ether oxygens (including phenoxy) is 1. The third kappa shape index (κ3) is 25.9. The zero-order valence-corrected chi connectivity index (χ0v) is 66.7. The number of phenolic OH excluding ortho intramolecular Hbond substituents is 1. The Hall–Kier alpha value is -10.7. The number of benzene rings is 5. The molecular formula is C80H108N16O15S2. The predicted molar refractivity (Wildman–Crippen MR) is 435 cm³/mol. The summed E-state index contributed by atoms with van der Waals surface area (Å²) in [4.78, 5) is 153. The van der Waals surface area contributed by atoms with Gasteiger partial charge in [-0.25, -0.2) is 4.79 Å². The summed E-state index contributed by atoms with van der Waals surface area (Å²) in [6.45, 7) is 22.1. The van der Waals surface area contributed by atoms with Gasteiger partial charge in [0.25, 0.3) is 5.91 Å². The average molecular weight is 1600 g/mol. The number of carbonyl (C=O) groups is 10. The summed E-state index contributed by atoms with van der Waals surface area (Å²) in [5.74, 6) is -7.94. The maximum atomic E-state index is 14.9. The highest BCUT2D eigenvalue weighted by Crippen LogP contribution is 2.40. The molecule has 0 aliphatic carbocycles. The van der Waals surface area contributed by atoms with Crippen LogP contribution in [0.5, 0.6) is 11.5 Å². The van der Waals surface area contributed by atoms with E-state index in [2.05, 4.69) is 113 Å². The van der Waals surface area contributed by atoms with E-state index in [0.29, 0.717) is 52.8 Å². The second-order valence-corrected chi connectivity index (χ2v) is 31.5. The quantitative estimate of drug-likeness (QED) is 0.0116. The van der Waals surface area contributed by atoms with Crippen LogP contribution in [0.2, 0.25) is 0 Å². The van der Waals surface area contributed by atoms with Gasteiger partial charge in [-0.3, -0.25) is 57.9 Å². The number of hydrogen-bond acceptors (Lipinski definition) is 19. The smallest absolute Gasteiger partial charge is 0.405 e. The minimum absolute atomic E-state index is 0.0258. The summed E-state index contributed by atoms with van der Waals surface area (Å²) in [5.41, 5.74) is 22.0. The van der Waals surface area contributed by atoms with Crippen LogP contribution in [0.25, 0.3) is 10.9 Å². The molecule has 610 valence electrons. The Morgan fingerprint density at radius 1 is 0.743 bits per heavy atom. The molecule has 13 atom stereocenters. The predicted octanol–water partition coefficient (Wildman–Crippen LogP) is 3.25. The number of aromatic amines is 1. The first-order valence-corrected chi connectivity index (χ1v) is 39.7. The van der Waals surface area contributed by atoms with Crippen LogP contribution in [0, 0.1) is 0 Å². The number of amides is 10. The number of rotatable bonds is 27. The number of guanidine groups is 1. The van der Waals surface area contributed by atoms with Crippen molar-refractivity contribution < 1.29 is 73.1 Å². The number of aliphatic imine (C=N–C) groups is 1. The van der Waals surface area contributed by atoms with Gasteiger partial charge in [-0.1, -0.05) is 113 Å². The number of aliphatic hydroxyl groups excluding tert-OH is 2. The third-order valence-electron chi connectivity index (χ3n) is 19.5. The van der Waals surface area contributed by atoms with E-state index in [1.54, 1.807) is 67.9 Å². The number of aromatic hydroxyl groups is 1. The molecule has 2 aliphatic rings. The molecule has 33 heteroatoms. The van der Waals surface area contributed by atoms with Crippen molar-refractivity contribution in [2.75, 3.05) is 52.1 Å². The number of aliphatic hydroxyl groups is 2. The van der Waals surface area contributed by atoms with Crippen LogP contribution in [-0.2, 0) is 57.6 Å². The molecule has 10 amide bonds. The van der Waals surface area contributed by atoms with Gasteiger partial charge in [-0.05, 0) is 139 Å². The molecule has 5 aromatic carbocycles. The number of primary amides is 1. The van der Waals surface area contributed by atoms with Gasteiger partial charge in [0.15, 0.2) is 5.96 Å². The van der Waals surface area contributed by atoms with Crippen molar-refractivity contribution in [1.29, 1.82) is 0 Å². The van der Waals surface area contributed by atoms with Crippen molar-refractivity contribution in [3.05, 3.63) is 180 Å². The van der Waals surface area contributed by atoms with E-state index < -0.39 is 119 Å². The second-order valence-electron chi connectivity index (χ2n) is 28.5. The summed E-state index contributed by atoms with van der Waals surface area (Å²) >= 11 is 0. The lowest BCUT2D eigenvalue weighted by atomic mass is 9.92. The molecule has 19 N–H and O–H groups in total. The second kappa shape index (κ2) is 42.8. The first-order chi connectivity index (χ1) is 53.7. The number of methoxy groups -OCH3 is 1. The number of hydrogen-bond donors (Lipinski definition) is 16. The first-order valence-electron chi connectivity index (χ1n) is 37.4. The van der Waals surface area contributed by atoms with Gasteiger partial charge in [0, 0.05) is 104 Å². The molecule has 113 heavy (non-hydrogen) atoms. The molecule has 2 aliphatic heterocycles. The van der Waals surface area contributed by atoms with Crippen LogP contribution in [0.3, 0.4) is 0 Å². The number of nitrogens with two attached hydrogens (primary N) is 3. The molecule has 8 rings (SSSR count). The number of H-pyrrole nitrogens is 1. The van der Waals surface area contributed by atoms with Crippen LogP contribution >= 0.6 is 21.6 Å².